The fourth-order valence-electron chi connectivity index (χ4n) is 2.16. The first-order chi connectivity index (χ1) is 9.98. The number of nitrogens with two attached hydrogens (primary N) is 1. The number of hydrogen-bond donors (Lipinski definition) is 2. The van der Waals surface area contributed by atoms with Gasteiger partial charge in [-0.2, -0.15) is 4.31 Å². The highest BCUT2D eigenvalue weighted by molar-refractivity contribution is 7.89. The van der Waals surface area contributed by atoms with Gasteiger partial charge in [-0.25, -0.2) is 8.42 Å². The number of sulfonamides is 1. The van der Waals surface area contributed by atoms with E-state index in [1.807, 2.05) is 0 Å². The van der Waals surface area contributed by atoms with Crippen LogP contribution in [0.25, 0.3) is 0 Å². The summed E-state index contributed by atoms with van der Waals surface area (Å²) in [7, 11) is -3.67. The Morgan fingerprint density at radius 1 is 1.33 bits per heavy atom. The highest BCUT2D eigenvalue weighted by atomic mass is 32.2. The Labute approximate surface area is 122 Å². The molecule has 1 aliphatic rings. The van der Waals surface area contributed by atoms with Crippen LogP contribution in [0.3, 0.4) is 0 Å². The Morgan fingerprint density at radius 2 is 2.10 bits per heavy atom. The summed E-state index contributed by atoms with van der Waals surface area (Å²) in [5.74, 6) is 0.468. The van der Waals surface area contributed by atoms with Crippen LogP contribution < -0.4 is 5.73 Å². The molecule has 1 aromatic heterocycles. The molecule has 0 aliphatic heterocycles. The third-order valence-corrected chi connectivity index (χ3v) is 5.35. The standard InChI is InChI=1S/C14H16N2O4S/c15-13-8-12(5-6-14(13)17)21(18,19)16(10-3-4-10)9-11-2-1-7-20-11/h1-2,5-8,10,17H,3-4,9,15H2. The molecule has 7 heteroatoms. The summed E-state index contributed by atoms with van der Waals surface area (Å²) in [4.78, 5) is 0.0799. The molecule has 0 unspecified atom stereocenters. The van der Waals surface area contributed by atoms with E-state index in [9.17, 15) is 13.5 Å². The van der Waals surface area contributed by atoms with Crippen LogP contribution in [0.2, 0.25) is 0 Å². The molecule has 3 rings (SSSR count). The Kier molecular flexibility index (Phi) is 3.38. The molecule has 21 heavy (non-hydrogen) atoms. The van der Waals surface area contributed by atoms with Gasteiger partial charge in [0.05, 0.1) is 23.4 Å². The minimum atomic E-state index is -3.67. The topological polar surface area (TPSA) is 96.8 Å². The van der Waals surface area contributed by atoms with Gasteiger partial charge >= 0.3 is 0 Å². The predicted octanol–water partition coefficient (Wildman–Crippen LogP) is 1.92. The summed E-state index contributed by atoms with van der Waals surface area (Å²) in [6.45, 7) is 0.195. The van der Waals surface area contributed by atoms with Gasteiger partial charge in [-0.3, -0.25) is 0 Å². The molecule has 0 spiro atoms. The molecule has 1 fully saturated rings. The second-order valence-electron chi connectivity index (χ2n) is 5.08. The summed E-state index contributed by atoms with van der Waals surface area (Å²) in [5.41, 5.74) is 5.64. The van der Waals surface area contributed by atoms with Crippen molar-refractivity contribution in [2.24, 2.45) is 0 Å². The Balaban J connectivity index is 1.95. The molecule has 0 saturated heterocycles. The molecular weight excluding hydrogens is 292 g/mol. The molecule has 1 saturated carbocycles. The molecule has 3 N–H and O–H groups in total. The monoisotopic (exact) mass is 308 g/mol. The minimum absolute atomic E-state index is 0.00451. The third kappa shape index (κ3) is 2.74. The van der Waals surface area contributed by atoms with Gasteiger partial charge in [0.1, 0.15) is 11.5 Å². The Bertz CT molecular complexity index is 736. The van der Waals surface area contributed by atoms with Crippen LogP contribution in [-0.2, 0) is 16.6 Å². The van der Waals surface area contributed by atoms with E-state index in [1.54, 1.807) is 12.1 Å². The van der Waals surface area contributed by atoms with Crippen molar-refractivity contribution in [3.8, 4) is 5.75 Å². The van der Waals surface area contributed by atoms with Crippen LogP contribution in [-0.4, -0.2) is 23.9 Å². The van der Waals surface area contributed by atoms with Crippen molar-refractivity contribution in [1.29, 1.82) is 0 Å². The predicted molar refractivity (Wildman–Crippen MR) is 77.0 cm³/mol. The maximum absolute atomic E-state index is 12.8. The number of rotatable bonds is 5. The fraction of sp³-hybridized carbons (Fsp3) is 0.286. The van der Waals surface area contributed by atoms with Gasteiger partial charge < -0.3 is 15.3 Å². The van der Waals surface area contributed by atoms with Gasteiger partial charge in [0.25, 0.3) is 0 Å². The maximum Gasteiger partial charge on any atom is 0.243 e. The number of phenols is 1. The number of nitrogens with zero attached hydrogens (tertiary/aromatic N) is 1. The minimum Gasteiger partial charge on any atom is -0.506 e. The second-order valence-corrected chi connectivity index (χ2v) is 6.97. The lowest BCUT2D eigenvalue weighted by Gasteiger charge is -2.21. The van der Waals surface area contributed by atoms with E-state index in [-0.39, 0.29) is 28.9 Å². The molecule has 0 atom stereocenters. The average Bonchev–Trinajstić information content (AvgIpc) is 3.15. The van der Waals surface area contributed by atoms with E-state index in [4.69, 9.17) is 10.2 Å². The van der Waals surface area contributed by atoms with Crippen molar-refractivity contribution in [3.63, 3.8) is 0 Å². The first-order valence-corrected chi connectivity index (χ1v) is 8.05. The lowest BCUT2D eigenvalue weighted by molar-refractivity contribution is 0.356. The Hall–Kier alpha value is -1.99. The number of phenolic OH excluding ortho intramolecular Hbond substituents is 1. The summed E-state index contributed by atoms with van der Waals surface area (Å²) in [6, 6.07) is 7.40. The molecule has 1 aliphatic carbocycles. The highest BCUT2D eigenvalue weighted by Crippen LogP contribution is 2.34. The van der Waals surface area contributed by atoms with Gasteiger partial charge in [-0.05, 0) is 43.2 Å². The van der Waals surface area contributed by atoms with E-state index >= 15 is 0 Å². The van der Waals surface area contributed by atoms with Crippen LogP contribution in [0.4, 0.5) is 5.69 Å². The number of furan rings is 1. The van der Waals surface area contributed by atoms with Crippen molar-refractivity contribution < 1.29 is 17.9 Å². The number of hydrogen-bond acceptors (Lipinski definition) is 5. The molecule has 0 bridgehead atoms. The Morgan fingerprint density at radius 3 is 2.67 bits per heavy atom. The van der Waals surface area contributed by atoms with Crippen molar-refractivity contribution in [2.75, 3.05) is 5.73 Å². The van der Waals surface area contributed by atoms with Gasteiger partial charge in [0, 0.05) is 6.04 Å². The van der Waals surface area contributed by atoms with Crippen molar-refractivity contribution in [1.82, 2.24) is 4.31 Å². The third-order valence-electron chi connectivity index (χ3n) is 3.45. The lowest BCUT2D eigenvalue weighted by atomic mass is 10.3. The highest BCUT2D eigenvalue weighted by Gasteiger charge is 2.38. The average molecular weight is 308 g/mol. The molecule has 2 aromatic rings. The van der Waals surface area contributed by atoms with Gasteiger partial charge in [0.2, 0.25) is 10.0 Å². The molecule has 1 aromatic carbocycles. The maximum atomic E-state index is 12.8. The fourth-order valence-corrected chi connectivity index (χ4v) is 3.84. The number of nitrogen functional groups attached to an aromatic ring is 1. The summed E-state index contributed by atoms with van der Waals surface area (Å²) in [6.07, 6.45) is 3.20. The lowest BCUT2D eigenvalue weighted by Crippen LogP contribution is -2.32. The first kappa shape index (κ1) is 14.0. The van der Waals surface area contributed by atoms with E-state index in [0.717, 1.165) is 12.8 Å². The molecular formula is C14H16N2O4S. The smallest absolute Gasteiger partial charge is 0.243 e. The summed E-state index contributed by atoms with van der Waals surface area (Å²) >= 11 is 0. The van der Waals surface area contributed by atoms with Gasteiger partial charge in [-0.15, -0.1) is 0 Å². The van der Waals surface area contributed by atoms with Crippen LogP contribution in [0.15, 0.2) is 45.9 Å². The van der Waals surface area contributed by atoms with E-state index in [0.29, 0.717) is 5.76 Å². The van der Waals surface area contributed by atoms with Gasteiger partial charge in [-0.1, -0.05) is 0 Å². The molecule has 112 valence electrons. The van der Waals surface area contributed by atoms with Gasteiger partial charge in [0.15, 0.2) is 0 Å². The summed E-state index contributed by atoms with van der Waals surface area (Å²) < 4.78 is 32.2. The number of aromatic hydroxyl groups is 1. The number of anilines is 1. The molecule has 1 heterocycles. The van der Waals surface area contributed by atoms with E-state index in [1.165, 1.54) is 28.8 Å². The zero-order chi connectivity index (χ0) is 15.0. The summed E-state index contributed by atoms with van der Waals surface area (Å²) in [5, 5.41) is 9.43. The quantitative estimate of drug-likeness (QED) is 0.649. The SMILES string of the molecule is Nc1cc(S(=O)(=O)N(Cc2ccco2)C2CC2)ccc1O. The molecule has 0 amide bonds. The molecule has 0 radical (unpaired) electrons. The first-order valence-electron chi connectivity index (χ1n) is 6.61. The second kappa shape index (κ2) is 5.09. The zero-order valence-corrected chi connectivity index (χ0v) is 12.1. The van der Waals surface area contributed by atoms with Crippen LogP contribution in [0.1, 0.15) is 18.6 Å². The van der Waals surface area contributed by atoms with Crippen LogP contribution in [0.5, 0.6) is 5.75 Å². The normalized spacial score (nSPS) is 15.5. The van der Waals surface area contributed by atoms with Crippen LogP contribution >= 0.6 is 0 Å². The van der Waals surface area contributed by atoms with Crippen molar-refractivity contribution in [3.05, 3.63) is 42.4 Å². The van der Waals surface area contributed by atoms with Crippen molar-refractivity contribution >= 4 is 15.7 Å². The number of benzene rings is 1. The van der Waals surface area contributed by atoms with E-state index < -0.39 is 10.0 Å². The van der Waals surface area contributed by atoms with E-state index in [2.05, 4.69) is 0 Å². The largest absolute Gasteiger partial charge is 0.506 e. The van der Waals surface area contributed by atoms with Crippen molar-refractivity contribution in [2.45, 2.75) is 30.3 Å². The zero-order valence-electron chi connectivity index (χ0n) is 11.3. The van der Waals surface area contributed by atoms with Crippen LogP contribution in [0, 0.1) is 0 Å². The molecule has 6 nitrogen and oxygen atoms in total.